The second kappa shape index (κ2) is 6.09. The topological polar surface area (TPSA) is 63.7 Å². The Hall–Kier alpha value is -2.26. The van der Waals surface area contributed by atoms with Crippen molar-refractivity contribution in [3.8, 4) is 0 Å². The summed E-state index contributed by atoms with van der Waals surface area (Å²) in [6, 6.07) is 7.37. The van der Waals surface area contributed by atoms with Gasteiger partial charge in [0, 0.05) is 4.90 Å². The molecule has 2 aromatic rings. The number of halogens is 2. The van der Waals surface area contributed by atoms with Crippen LogP contribution < -0.4 is 0 Å². The van der Waals surface area contributed by atoms with Gasteiger partial charge in [0.1, 0.15) is 4.88 Å². The number of carbonyl (C=O) groups is 3. The fraction of sp³-hybridized carbons (Fsp3) is 0.0714. The summed E-state index contributed by atoms with van der Waals surface area (Å²) in [5.74, 6) is -5.26. The maximum absolute atomic E-state index is 12.4. The summed E-state index contributed by atoms with van der Waals surface area (Å²) in [5, 5.41) is 1.80. The smallest absolute Gasteiger partial charge is 0.323 e. The first-order chi connectivity index (χ1) is 11.0. The van der Waals surface area contributed by atoms with Gasteiger partial charge in [-0.25, -0.2) is 4.79 Å². The molecule has 0 spiro atoms. The van der Waals surface area contributed by atoms with Crippen LogP contribution in [0.15, 0.2) is 40.6 Å². The molecule has 5 nitrogen and oxygen atoms in total. The van der Waals surface area contributed by atoms with E-state index in [9.17, 15) is 23.2 Å². The Morgan fingerprint density at radius 1 is 1.13 bits per heavy atom. The summed E-state index contributed by atoms with van der Waals surface area (Å²) in [7, 11) is 0. The predicted molar refractivity (Wildman–Crippen MR) is 78.5 cm³/mol. The molecule has 1 aromatic carbocycles. The number of fused-ring (bicyclic) bond motifs is 1. The van der Waals surface area contributed by atoms with E-state index in [4.69, 9.17) is 4.84 Å². The molecule has 2 amide bonds. The minimum absolute atomic E-state index is 0.0339. The Morgan fingerprint density at radius 2 is 1.74 bits per heavy atom. The molecule has 0 aliphatic carbocycles. The maximum atomic E-state index is 12.4. The molecule has 3 rings (SSSR count). The number of imide groups is 1. The van der Waals surface area contributed by atoms with E-state index in [1.54, 1.807) is 12.1 Å². The normalized spacial score (nSPS) is 13.6. The van der Waals surface area contributed by atoms with E-state index < -0.39 is 23.5 Å². The van der Waals surface area contributed by atoms with Crippen LogP contribution in [0.2, 0.25) is 0 Å². The van der Waals surface area contributed by atoms with Crippen LogP contribution >= 0.6 is 23.1 Å². The average molecular weight is 355 g/mol. The van der Waals surface area contributed by atoms with Crippen molar-refractivity contribution in [2.45, 2.75) is 10.7 Å². The van der Waals surface area contributed by atoms with Crippen LogP contribution in [0.5, 0.6) is 0 Å². The van der Waals surface area contributed by atoms with Gasteiger partial charge in [-0.05, 0) is 23.6 Å². The quantitative estimate of drug-likeness (QED) is 0.621. The van der Waals surface area contributed by atoms with Gasteiger partial charge >= 0.3 is 5.97 Å². The van der Waals surface area contributed by atoms with Gasteiger partial charge in [-0.1, -0.05) is 29.0 Å². The molecule has 0 bridgehead atoms. The van der Waals surface area contributed by atoms with Crippen molar-refractivity contribution in [1.82, 2.24) is 5.06 Å². The van der Waals surface area contributed by atoms with Crippen LogP contribution in [-0.2, 0) is 4.84 Å². The highest BCUT2D eigenvalue weighted by Gasteiger charge is 2.39. The van der Waals surface area contributed by atoms with Gasteiger partial charge in [0.2, 0.25) is 0 Å². The van der Waals surface area contributed by atoms with Crippen LogP contribution in [0.25, 0.3) is 0 Å². The molecule has 0 saturated carbocycles. The third kappa shape index (κ3) is 2.84. The predicted octanol–water partition coefficient (Wildman–Crippen LogP) is 3.43. The van der Waals surface area contributed by atoms with E-state index in [0.29, 0.717) is 5.06 Å². The summed E-state index contributed by atoms with van der Waals surface area (Å²) in [4.78, 5) is 41.0. The molecule has 23 heavy (non-hydrogen) atoms. The standard InChI is InChI=1S/C14H7F2NO4S2/c15-14(16)23-9-5-6-22-10(9)13(20)21-17-11(18)7-3-1-2-4-8(7)12(17)19/h1-6,14H. The molecule has 2 heterocycles. The van der Waals surface area contributed by atoms with E-state index in [2.05, 4.69) is 0 Å². The molecule has 1 aromatic heterocycles. The fourth-order valence-corrected chi connectivity index (χ4v) is 3.57. The lowest BCUT2D eigenvalue weighted by atomic mass is 10.1. The molecular formula is C14H7F2NO4S2. The van der Waals surface area contributed by atoms with E-state index in [1.807, 2.05) is 0 Å². The Balaban J connectivity index is 1.81. The molecule has 9 heteroatoms. The molecule has 1 aliphatic rings. The lowest BCUT2D eigenvalue weighted by Crippen LogP contribution is -2.32. The van der Waals surface area contributed by atoms with E-state index >= 15 is 0 Å². The molecule has 0 saturated heterocycles. The molecule has 0 unspecified atom stereocenters. The van der Waals surface area contributed by atoms with Gasteiger partial charge < -0.3 is 4.84 Å². The summed E-state index contributed by atoms with van der Waals surface area (Å²) in [6.45, 7) is 0. The number of carbonyl (C=O) groups excluding carboxylic acids is 3. The van der Waals surface area contributed by atoms with E-state index in [1.165, 1.54) is 23.6 Å². The number of thiophene rings is 1. The Kier molecular flexibility index (Phi) is 4.14. The van der Waals surface area contributed by atoms with Gasteiger partial charge in [-0.3, -0.25) is 9.59 Å². The lowest BCUT2D eigenvalue weighted by Gasteiger charge is -2.12. The number of amides is 2. The zero-order valence-corrected chi connectivity index (χ0v) is 12.8. The summed E-state index contributed by atoms with van der Waals surface area (Å²) in [5.41, 5.74) is 0.248. The monoisotopic (exact) mass is 355 g/mol. The van der Waals surface area contributed by atoms with Gasteiger partial charge in [0.05, 0.1) is 11.1 Å². The van der Waals surface area contributed by atoms with Crippen molar-refractivity contribution in [2.75, 3.05) is 0 Å². The molecular weight excluding hydrogens is 348 g/mol. The van der Waals surface area contributed by atoms with E-state index in [0.717, 1.165) is 11.3 Å². The van der Waals surface area contributed by atoms with Crippen molar-refractivity contribution >= 4 is 40.9 Å². The average Bonchev–Trinajstić information content (AvgIpc) is 3.06. The Bertz CT molecular complexity index is 771. The number of nitrogens with zero attached hydrogens (tertiary/aromatic N) is 1. The van der Waals surface area contributed by atoms with Crippen molar-refractivity contribution in [2.24, 2.45) is 0 Å². The second-order valence-electron chi connectivity index (χ2n) is 4.32. The van der Waals surface area contributed by atoms with Crippen molar-refractivity contribution < 1.29 is 28.0 Å². The number of hydrogen-bond acceptors (Lipinski definition) is 6. The molecule has 0 N–H and O–H groups in total. The second-order valence-corrected chi connectivity index (χ2v) is 6.27. The van der Waals surface area contributed by atoms with Gasteiger partial charge in [0.25, 0.3) is 17.6 Å². The number of hydrogen-bond donors (Lipinski definition) is 0. The number of alkyl halides is 2. The minimum Gasteiger partial charge on any atom is -0.323 e. The first kappa shape index (κ1) is 15.6. The highest BCUT2D eigenvalue weighted by Crippen LogP contribution is 2.33. The minimum atomic E-state index is -2.70. The van der Waals surface area contributed by atoms with Crippen molar-refractivity contribution in [3.05, 3.63) is 51.7 Å². The SMILES string of the molecule is O=C(ON1C(=O)c2ccccc2C1=O)c1sccc1SC(F)F. The Morgan fingerprint density at radius 3 is 2.30 bits per heavy atom. The third-order valence-corrected chi connectivity index (χ3v) is 4.76. The van der Waals surface area contributed by atoms with Crippen molar-refractivity contribution in [1.29, 1.82) is 0 Å². The highest BCUT2D eigenvalue weighted by molar-refractivity contribution is 7.99. The Labute approximate surface area is 136 Å². The third-order valence-electron chi connectivity index (χ3n) is 2.96. The first-order valence-electron chi connectivity index (χ1n) is 6.21. The first-order valence-corrected chi connectivity index (χ1v) is 7.97. The molecule has 0 fully saturated rings. The van der Waals surface area contributed by atoms with Gasteiger partial charge in [-0.2, -0.15) is 8.78 Å². The number of hydroxylamine groups is 2. The lowest BCUT2D eigenvalue weighted by molar-refractivity contribution is -0.0583. The highest BCUT2D eigenvalue weighted by atomic mass is 32.2. The van der Waals surface area contributed by atoms with Crippen LogP contribution in [0.1, 0.15) is 30.4 Å². The zero-order chi connectivity index (χ0) is 16.6. The fourth-order valence-electron chi connectivity index (χ4n) is 2.01. The maximum Gasteiger partial charge on any atom is 0.374 e. The largest absolute Gasteiger partial charge is 0.374 e. The molecule has 0 radical (unpaired) electrons. The van der Waals surface area contributed by atoms with Crippen LogP contribution in [0.4, 0.5) is 8.78 Å². The van der Waals surface area contributed by atoms with Gasteiger partial charge in [-0.15, -0.1) is 11.3 Å². The van der Waals surface area contributed by atoms with Crippen molar-refractivity contribution in [3.63, 3.8) is 0 Å². The van der Waals surface area contributed by atoms with Crippen LogP contribution in [-0.4, -0.2) is 28.6 Å². The molecule has 1 aliphatic heterocycles. The summed E-state index contributed by atoms with van der Waals surface area (Å²) >= 11 is 1.09. The van der Waals surface area contributed by atoms with E-state index in [-0.39, 0.29) is 32.7 Å². The molecule has 118 valence electrons. The summed E-state index contributed by atoms with van der Waals surface area (Å²) in [6.07, 6.45) is 0. The zero-order valence-electron chi connectivity index (χ0n) is 11.2. The molecule has 0 atom stereocenters. The summed E-state index contributed by atoms with van der Waals surface area (Å²) < 4.78 is 24.9. The van der Waals surface area contributed by atoms with Crippen LogP contribution in [0, 0.1) is 0 Å². The van der Waals surface area contributed by atoms with Gasteiger partial charge in [0.15, 0.2) is 0 Å². The number of thioether (sulfide) groups is 1. The number of benzene rings is 1. The number of rotatable bonds is 4. The van der Waals surface area contributed by atoms with Crippen LogP contribution in [0.3, 0.4) is 0 Å².